The lowest BCUT2D eigenvalue weighted by Crippen LogP contribution is -2.42. The van der Waals surface area contributed by atoms with E-state index in [1.54, 1.807) is 0 Å². The molecule has 16 heavy (non-hydrogen) atoms. The average molecular weight is 291 g/mol. The van der Waals surface area contributed by atoms with Crippen LogP contribution in [-0.2, 0) is 6.54 Å². The number of nitrogens with one attached hydrogen (secondary N) is 1. The number of nitrogens with zero attached hydrogens (tertiary/aromatic N) is 1. The van der Waals surface area contributed by atoms with Crippen molar-refractivity contribution in [3.63, 3.8) is 0 Å². The summed E-state index contributed by atoms with van der Waals surface area (Å²) in [5.41, 5.74) is 0.681. The molecule has 0 aromatic heterocycles. The average Bonchev–Trinajstić information content (AvgIpc) is 2.27. The highest BCUT2D eigenvalue weighted by Gasteiger charge is 2.13. The van der Waals surface area contributed by atoms with Crippen molar-refractivity contribution in [3.8, 4) is 0 Å². The summed E-state index contributed by atoms with van der Waals surface area (Å²) in [7, 11) is 0. The van der Waals surface area contributed by atoms with Crippen molar-refractivity contribution >= 4 is 15.9 Å². The fraction of sp³-hybridized carbons (Fsp3) is 0.455. The summed E-state index contributed by atoms with van der Waals surface area (Å²) < 4.78 is 26.5. The maximum atomic E-state index is 13.3. The first kappa shape index (κ1) is 12.0. The first-order valence-electron chi connectivity index (χ1n) is 5.23. The van der Waals surface area contributed by atoms with Crippen LogP contribution in [0.4, 0.5) is 8.78 Å². The molecule has 5 heteroatoms. The Balaban J connectivity index is 2.09. The van der Waals surface area contributed by atoms with E-state index in [2.05, 4.69) is 26.1 Å². The van der Waals surface area contributed by atoms with Crippen LogP contribution >= 0.6 is 15.9 Å². The fourth-order valence-corrected chi connectivity index (χ4v) is 2.06. The van der Waals surface area contributed by atoms with E-state index < -0.39 is 11.6 Å². The molecule has 1 saturated heterocycles. The Morgan fingerprint density at radius 1 is 1.19 bits per heavy atom. The number of halogens is 3. The molecule has 1 heterocycles. The molecular weight excluding hydrogens is 278 g/mol. The predicted octanol–water partition coefficient (Wildman–Crippen LogP) is 2.13. The van der Waals surface area contributed by atoms with Crippen molar-refractivity contribution in [3.05, 3.63) is 33.8 Å². The Labute approximate surface area is 102 Å². The molecular formula is C11H13BrF2N2. The van der Waals surface area contributed by atoms with E-state index in [0.29, 0.717) is 12.1 Å². The number of rotatable bonds is 2. The molecule has 2 nitrogen and oxygen atoms in total. The normalized spacial score (nSPS) is 17.7. The summed E-state index contributed by atoms with van der Waals surface area (Å²) in [4.78, 5) is 2.18. The standard InChI is InChI=1S/C11H13BrF2N2/c12-11-9(13)5-8(6-10(11)14)7-16-3-1-15-2-4-16/h5-6,15H,1-4,7H2. The molecule has 0 spiro atoms. The monoisotopic (exact) mass is 290 g/mol. The van der Waals surface area contributed by atoms with Crippen molar-refractivity contribution in [2.75, 3.05) is 26.2 Å². The van der Waals surface area contributed by atoms with E-state index in [1.165, 1.54) is 12.1 Å². The van der Waals surface area contributed by atoms with Gasteiger partial charge in [0.05, 0.1) is 4.47 Å². The van der Waals surface area contributed by atoms with Gasteiger partial charge in [0.25, 0.3) is 0 Å². The third kappa shape index (κ3) is 2.78. The molecule has 1 N–H and O–H groups in total. The lowest BCUT2D eigenvalue weighted by Gasteiger charge is -2.27. The number of hydrogen-bond acceptors (Lipinski definition) is 2. The van der Waals surface area contributed by atoms with Crippen LogP contribution in [0.3, 0.4) is 0 Å². The van der Waals surface area contributed by atoms with E-state index in [9.17, 15) is 8.78 Å². The highest BCUT2D eigenvalue weighted by atomic mass is 79.9. The Bertz CT molecular complexity index is 355. The molecule has 88 valence electrons. The van der Waals surface area contributed by atoms with Gasteiger partial charge in [0.1, 0.15) is 11.6 Å². The molecule has 1 aromatic rings. The second kappa shape index (κ2) is 5.21. The molecule has 1 aromatic carbocycles. The van der Waals surface area contributed by atoms with Gasteiger partial charge in [-0.25, -0.2) is 8.78 Å². The quantitative estimate of drug-likeness (QED) is 0.840. The van der Waals surface area contributed by atoms with Crippen molar-refractivity contribution < 1.29 is 8.78 Å². The molecule has 0 radical (unpaired) electrons. The van der Waals surface area contributed by atoms with Crippen molar-refractivity contribution in [1.82, 2.24) is 10.2 Å². The Hall–Kier alpha value is -0.520. The van der Waals surface area contributed by atoms with Crippen LogP contribution in [0.1, 0.15) is 5.56 Å². The first-order chi connectivity index (χ1) is 7.66. The molecule has 1 fully saturated rings. The Morgan fingerprint density at radius 3 is 2.31 bits per heavy atom. The van der Waals surface area contributed by atoms with E-state index in [0.717, 1.165) is 26.2 Å². The molecule has 0 amide bonds. The lowest BCUT2D eigenvalue weighted by atomic mass is 10.2. The summed E-state index contributed by atoms with van der Waals surface area (Å²) in [6, 6.07) is 2.77. The van der Waals surface area contributed by atoms with Crippen LogP contribution in [0.15, 0.2) is 16.6 Å². The van der Waals surface area contributed by atoms with E-state index in [1.807, 2.05) is 0 Å². The minimum Gasteiger partial charge on any atom is -0.314 e. The highest BCUT2D eigenvalue weighted by molar-refractivity contribution is 9.10. The van der Waals surface area contributed by atoms with Gasteiger partial charge < -0.3 is 5.32 Å². The molecule has 0 bridgehead atoms. The topological polar surface area (TPSA) is 15.3 Å². The van der Waals surface area contributed by atoms with Gasteiger partial charge in [0.2, 0.25) is 0 Å². The van der Waals surface area contributed by atoms with Crippen LogP contribution in [0.25, 0.3) is 0 Å². The predicted molar refractivity (Wildman–Crippen MR) is 62.2 cm³/mol. The van der Waals surface area contributed by atoms with E-state index in [4.69, 9.17) is 0 Å². The molecule has 0 unspecified atom stereocenters. The zero-order valence-corrected chi connectivity index (χ0v) is 10.4. The second-order valence-electron chi connectivity index (χ2n) is 3.90. The molecule has 0 saturated carbocycles. The second-order valence-corrected chi connectivity index (χ2v) is 4.69. The summed E-state index contributed by atoms with van der Waals surface area (Å²) >= 11 is 2.86. The molecule has 0 atom stereocenters. The Morgan fingerprint density at radius 2 is 1.75 bits per heavy atom. The van der Waals surface area contributed by atoms with E-state index in [-0.39, 0.29) is 4.47 Å². The highest BCUT2D eigenvalue weighted by Crippen LogP contribution is 2.21. The smallest absolute Gasteiger partial charge is 0.140 e. The minimum absolute atomic E-state index is 0.0865. The number of hydrogen-bond donors (Lipinski definition) is 1. The Kier molecular flexibility index (Phi) is 3.89. The van der Waals surface area contributed by atoms with Crippen LogP contribution in [-0.4, -0.2) is 31.1 Å². The molecule has 1 aliphatic heterocycles. The van der Waals surface area contributed by atoms with Gasteiger partial charge in [-0.2, -0.15) is 0 Å². The van der Waals surface area contributed by atoms with Crippen molar-refractivity contribution in [2.45, 2.75) is 6.54 Å². The van der Waals surface area contributed by atoms with Crippen molar-refractivity contribution in [1.29, 1.82) is 0 Å². The zero-order valence-electron chi connectivity index (χ0n) is 8.77. The van der Waals surface area contributed by atoms with Gasteiger partial charge in [-0.1, -0.05) is 0 Å². The summed E-state index contributed by atoms with van der Waals surface area (Å²) in [6.45, 7) is 4.30. The first-order valence-corrected chi connectivity index (χ1v) is 6.02. The van der Waals surface area contributed by atoms with Gasteiger partial charge in [0, 0.05) is 32.7 Å². The van der Waals surface area contributed by atoms with Crippen LogP contribution in [0.2, 0.25) is 0 Å². The molecule has 1 aliphatic rings. The maximum absolute atomic E-state index is 13.3. The molecule has 2 rings (SSSR count). The van der Waals surface area contributed by atoms with Crippen molar-refractivity contribution in [2.24, 2.45) is 0 Å². The SMILES string of the molecule is Fc1cc(CN2CCNCC2)cc(F)c1Br. The third-order valence-corrected chi connectivity index (χ3v) is 3.42. The molecule has 0 aliphatic carbocycles. The van der Waals surface area contributed by atoms with E-state index >= 15 is 0 Å². The van der Waals surface area contributed by atoms with Crippen LogP contribution in [0, 0.1) is 11.6 Å². The minimum atomic E-state index is -0.537. The largest absolute Gasteiger partial charge is 0.314 e. The summed E-state index contributed by atoms with van der Waals surface area (Å²) in [6.07, 6.45) is 0. The van der Waals surface area contributed by atoms with Crippen LogP contribution in [0.5, 0.6) is 0 Å². The maximum Gasteiger partial charge on any atom is 0.140 e. The van der Waals surface area contributed by atoms with Gasteiger partial charge in [0.15, 0.2) is 0 Å². The van der Waals surface area contributed by atoms with Gasteiger partial charge >= 0.3 is 0 Å². The van der Waals surface area contributed by atoms with Gasteiger partial charge in [-0.3, -0.25) is 4.90 Å². The number of benzene rings is 1. The summed E-state index contributed by atoms with van der Waals surface area (Å²) in [5.74, 6) is -1.07. The van der Waals surface area contributed by atoms with Gasteiger partial charge in [-0.15, -0.1) is 0 Å². The fourth-order valence-electron chi connectivity index (χ4n) is 1.83. The van der Waals surface area contributed by atoms with Crippen LogP contribution < -0.4 is 5.32 Å². The summed E-state index contributed by atoms with van der Waals surface area (Å²) in [5, 5.41) is 3.24. The van der Waals surface area contributed by atoms with Gasteiger partial charge in [-0.05, 0) is 33.6 Å². The lowest BCUT2D eigenvalue weighted by molar-refractivity contribution is 0.232. The number of piperazine rings is 1. The third-order valence-electron chi connectivity index (χ3n) is 2.66. The zero-order chi connectivity index (χ0) is 11.5.